The van der Waals surface area contributed by atoms with E-state index in [0.29, 0.717) is 11.6 Å². The molecule has 2 fully saturated rings. The van der Waals surface area contributed by atoms with Crippen molar-refractivity contribution in [3.05, 3.63) is 42.7 Å². The molecule has 4 rings (SSSR count). The van der Waals surface area contributed by atoms with Gasteiger partial charge in [-0.15, -0.1) is 0 Å². The number of piperidine rings is 1. The molecule has 2 aromatic rings. The molecule has 0 radical (unpaired) electrons. The summed E-state index contributed by atoms with van der Waals surface area (Å²) in [6, 6.07) is 11.4. The zero-order chi connectivity index (χ0) is 17.3. The Kier molecular flexibility index (Phi) is 4.55. The average molecular weight is 338 g/mol. The van der Waals surface area contributed by atoms with Crippen LogP contribution < -0.4 is 10.2 Å². The van der Waals surface area contributed by atoms with Crippen LogP contribution in [0, 0.1) is 5.92 Å². The van der Waals surface area contributed by atoms with Crippen LogP contribution in [0.5, 0.6) is 0 Å². The van der Waals surface area contributed by atoms with Crippen LogP contribution in [0.25, 0.3) is 5.69 Å². The highest BCUT2D eigenvalue weighted by molar-refractivity contribution is 5.51. The van der Waals surface area contributed by atoms with Gasteiger partial charge in [-0.2, -0.15) is 5.10 Å². The van der Waals surface area contributed by atoms with E-state index < -0.39 is 0 Å². The molecule has 4 nitrogen and oxygen atoms in total. The lowest BCUT2D eigenvalue weighted by Gasteiger charge is -2.36. The summed E-state index contributed by atoms with van der Waals surface area (Å²) in [6.07, 6.45) is 10.4. The standard InChI is InChI=1S/C21H30N4/c1-17(2)16-21(10-11-21)23-18-8-14-24(15-9-18)19-4-6-20(7-5-19)25-13-3-12-22-25/h3-7,12-13,17-18,23H,8-11,14-16H2,1-2H3. The highest BCUT2D eigenvalue weighted by Crippen LogP contribution is 2.42. The minimum atomic E-state index is 0.479. The van der Waals surface area contributed by atoms with Crippen molar-refractivity contribution in [3.63, 3.8) is 0 Å². The van der Waals surface area contributed by atoms with Gasteiger partial charge < -0.3 is 10.2 Å². The zero-order valence-corrected chi connectivity index (χ0v) is 15.5. The third-order valence-electron chi connectivity index (χ3n) is 5.64. The summed E-state index contributed by atoms with van der Waals surface area (Å²) in [4.78, 5) is 2.52. The molecule has 1 aromatic carbocycles. The number of nitrogens with zero attached hydrogens (tertiary/aromatic N) is 3. The van der Waals surface area contributed by atoms with Crippen molar-refractivity contribution in [2.75, 3.05) is 18.0 Å². The monoisotopic (exact) mass is 338 g/mol. The van der Waals surface area contributed by atoms with Crippen LogP contribution in [0.3, 0.4) is 0 Å². The molecule has 2 heterocycles. The highest BCUT2D eigenvalue weighted by Gasteiger charge is 2.44. The van der Waals surface area contributed by atoms with E-state index >= 15 is 0 Å². The van der Waals surface area contributed by atoms with Crippen molar-refractivity contribution in [1.82, 2.24) is 15.1 Å². The Morgan fingerprint density at radius 3 is 2.36 bits per heavy atom. The second-order valence-corrected chi connectivity index (χ2v) is 8.25. The summed E-state index contributed by atoms with van der Waals surface area (Å²) in [5.74, 6) is 0.795. The number of aromatic nitrogens is 2. The predicted molar refractivity (Wildman–Crippen MR) is 103 cm³/mol. The highest BCUT2D eigenvalue weighted by atomic mass is 15.3. The van der Waals surface area contributed by atoms with E-state index in [1.165, 1.54) is 37.8 Å². The second-order valence-electron chi connectivity index (χ2n) is 8.25. The first-order valence-electron chi connectivity index (χ1n) is 9.76. The van der Waals surface area contributed by atoms with Gasteiger partial charge in [0.05, 0.1) is 5.69 Å². The number of nitrogens with one attached hydrogen (secondary N) is 1. The fourth-order valence-electron chi connectivity index (χ4n) is 4.29. The molecule has 0 amide bonds. The van der Waals surface area contributed by atoms with E-state index in [4.69, 9.17) is 0 Å². The largest absolute Gasteiger partial charge is 0.371 e. The van der Waals surface area contributed by atoms with Gasteiger partial charge in [-0.3, -0.25) is 0 Å². The van der Waals surface area contributed by atoms with Crippen LogP contribution in [-0.2, 0) is 0 Å². The summed E-state index contributed by atoms with van der Waals surface area (Å²) in [7, 11) is 0. The molecule has 25 heavy (non-hydrogen) atoms. The fraction of sp³-hybridized carbons (Fsp3) is 0.571. The first-order valence-corrected chi connectivity index (χ1v) is 9.76. The third kappa shape index (κ3) is 3.90. The molecule has 0 bridgehead atoms. The van der Waals surface area contributed by atoms with E-state index in [2.05, 4.69) is 53.4 Å². The van der Waals surface area contributed by atoms with Crippen LogP contribution in [0.15, 0.2) is 42.7 Å². The Labute approximate surface area is 151 Å². The Hall–Kier alpha value is -1.81. The Bertz CT molecular complexity index is 662. The van der Waals surface area contributed by atoms with Gasteiger partial charge in [0, 0.05) is 42.8 Å². The summed E-state index contributed by atoms with van der Waals surface area (Å²) in [5, 5.41) is 8.29. The van der Waals surface area contributed by atoms with E-state index in [0.717, 1.165) is 24.7 Å². The number of hydrogen-bond acceptors (Lipinski definition) is 3. The van der Waals surface area contributed by atoms with Gasteiger partial charge in [-0.1, -0.05) is 13.8 Å². The molecular weight excluding hydrogens is 308 g/mol. The van der Waals surface area contributed by atoms with Crippen molar-refractivity contribution >= 4 is 5.69 Å². The first-order chi connectivity index (χ1) is 12.1. The number of anilines is 1. The van der Waals surface area contributed by atoms with E-state index in [-0.39, 0.29) is 0 Å². The fourth-order valence-corrected chi connectivity index (χ4v) is 4.29. The number of rotatable bonds is 6. The molecule has 1 N–H and O–H groups in total. The number of hydrogen-bond donors (Lipinski definition) is 1. The second kappa shape index (κ2) is 6.83. The Balaban J connectivity index is 1.31. The maximum atomic E-state index is 4.29. The van der Waals surface area contributed by atoms with Gasteiger partial charge in [0.15, 0.2) is 0 Å². The molecule has 0 atom stereocenters. The molecule has 1 saturated heterocycles. The lowest BCUT2D eigenvalue weighted by Crippen LogP contribution is -2.47. The van der Waals surface area contributed by atoms with E-state index in [1.54, 1.807) is 0 Å². The first kappa shape index (κ1) is 16.6. The maximum absolute atomic E-state index is 4.29. The molecule has 1 aliphatic heterocycles. The molecule has 0 spiro atoms. The van der Waals surface area contributed by atoms with E-state index in [9.17, 15) is 0 Å². The molecule has 2 aliphatic rings. The Morgan fingerprint density at radius 1 is 1.12 bits per heavy atom. The van der Waals surface area contributed by atoms with Crippen LogP contribution in [0.4, 0.5) is 5.69 Å². The van der Waals surface area contributed by atoms with Crippen LogP contribution in [-0.4, -0.2) is 34.5 Å². The van der Waals surface area contributed by atoms with Crippen LogP contribution in [0.2, 0.25) is 0 Å². The zero-order valence-electron chi connectivity index (χ0n) is 15.5. The maximum Gasteiger partial charge on any atom is 0.0647 e. The quantitative estimate of drug-likeness (QED) is 0.864. The van der Waals surface area contributed by atoms with Gasteiger partial charge in [-0.05, 0) is 68.4 Å². The number of benzene rings is 1. The van der Waals surface area contributed by atoms with Gasteiger partial charge in [0.25, 0.3) is 0 Å². The molecule has 1 aromatic heterocycles. The molecule has 1 aliphatic carbocycles. The topological polar surface area (TPSA) is 33.1 Å². The summed E-state index contributed by atoms with van der Waals surface area (Å²) >= 11 is 0. The van der Waals surface area contributed by atoms with Crippen molar-refractivity contribution in [2.45, 2.75) is 57.5 Å². The van der Waals surface area contributed by atoms with Crippen molar-refractivity contribution in [2.24, 2.45) is 5.92 Å². The normalized spacial score (nSPS) is 20.2. The molecule has 1 saturated carbocycles. The lowest BCUT2D eigenvalue weighted by atomic mass is 9.97. The predicted octanol–water partition coefficient (Wildman–Crippen LogP) is 4.01. The third-order valence-corrected chi connectivity index (χ3v) is 5.64. The lowest BCUT2D eigenvalue weighted by molar-refractivity contribution is 0.318. The van der Waals surface area contributed by atoms with Gasteiger partial charge >= 0.3 is 0 Å². The van der Waals surface area contributed by atoms with E-state index in [1.807, 2.05) is 23.1 Å². The molecule has 134 valence electrons. The van der Waals surface area contributed by atoms with Gasteiger partial charge in [-0.25, -0.2) is 4.68 Å². The smallest absolute Gasteiger partial charge is 0.0647 e. The van der Waals surface area contributed by atoms with Gasteiger partial charge in [0.1, 0.15) is 0 Å². The SMILES string of the molecule is CC(C)CC1(NC2CCN(c3ccc(-n4cccn4)cc3)CC2)CC1. The van der Waals surface area contributed by atoms with Gasteiger partial charge in [0.2, 0.25) is 0 Å². The summed E-state index contributed by atoms with van der Waals surface area (Å²) in [5.41, 5.74) is 2.93. The Morgan fingerprint density at radius 2 is 1.80 bits per heavy atom. The average Bonchev–Trinajstić information content (AvgIpc) is 3.13. The molecule has 4 heteroatoms. The minimum Gasteiger partial charge on any atom is -0.371 e. The molecular formula is C21H30N4. The van der Waals surface area contributed by atoms with Crippen molar-refractivity contribution in [1.29, 1.82) is 0 Å². The van der Waals surface area contributed by atoms with Crippen LogP contribution in [0.1, 0.15) is 46.0 Å². The van der Waals surface area contributed by atoms with Crippen LogP contribution >= 0.6 is 0 Å². The van der Waals surface area contributed by atoms with Crippen molar-refractivity contribution in [3.8, 4) is 5.69 Å². The summed E-state index contributed by atoms with van der Waals surface area (Å²) < 4.78 is 1.91. The molecule has 0 unspecified atom stereocenters. The summed E-state index contributed by atoms with van der Waals surface area (Å²) in [6.45, 7) is 6.99. The minimum absolute atomic E-state index is 0.479. The van der Waals surface area contributed by atoms with Crippen molar-refractivity contribution < 1.29 is 0 Å².